The summed E-state index contributed by atoms with van der Waals surface area (Å²) in [4.78, 5) is 12.2. The number of aryl methyl sites for hydroxylation is 3. The van der Waals surface area contributed by atoms with Gasteiger partial charge in [-0.1, -0.05) is 89.5 Å². The highest BCUT2D eigenvalue weighted by atomic mass is 32.2. The lowest BCUT2D eigenvalue weighted by Crippen LogP contribution is -2.34. The first-order valence-corrected chi connectivity index (χ1v) is 13.0. The lowest BCUT2D eigenvalue weighted by molar-refractivity contribution is -0.146. The molecule has 0 fully saturated rings. The Morgan fingerprint density at radius 1 is 0.861 bits per heavy atom. The van der Waals surface area contributed by atoms with Gasteiger partial charge in [0.05, 0.1) is 4.90 Å². The maximum Gasteiger partial charge on any atom is 0.323 e. The molecular weight excluding hydrogens is 474 g/mol. The van der Waals surface area contributed by atoms with Crippen molar-refractivity contribution in [3.05, 3.63) is 113 Å². The molecule has 4 aromatic carbocycles. The number of esters is 1. The molecule has 0 bridgehead atoms. The van der Waals surface area contributed by atoms with Gasteiger partial charge in [-0.3, -0.25) is 9.35 Å². The Hall–Kier alpha value is -3.52. The Morgan fingerprint density at radius 2 is 1.47 bits per heavy atom. The van der Waals surface area contributed by atoms with Crippen molar-refractivity contribution in [2.24, 2.45) is 5.73 Å². The molecule has 0 aliphatic rings. The monoisotopic (exact) mass is 505 g/mol. The first-order chi connectivity index (χ1) is 17.0. The average Bonchev–Trinajstić information content (AvgIpc) is 2.82. The van der Waals surface area contributed by atoms with Gasteiger partial charge in [0, 0.05) is 0 Å². The topological polar surface area (TPSA) is 107 Å². The van der Waals surface area contributed by atoms with Crippen LogP contribution >= 0.6 is 0 Å². The number of benzene rings is 4. The highest BCUT2D eigenvalue weighted by Crippen LogP contribution is 2.20. The van der Waals surface area contributed by atoms with Crippen molar-refractivity contribution < 1.29 is 22.5 Å². The second kappa shape index (κ2) is 11.9. The van der Waals surface area contributed by atoms with Gasteiger partial charge in [-0.15, -0.1) is 0 Å². The number of rotatable bonds is 6. The van der Waals surface area contributed by atoms with Crippen LogP contribution in [0.15, 0.2) is 89.8 Å². The minimum Gasteiger partial charge on any atom is -0.460 e. The predicted octanol–water partition coefficient (Wildman–Crippen LogP) is 5.31. The van der Waals surface area contributed by atoms with Gasteiger partial charge in [0.15, 0.2) is 0 Å². The molecule has 0 aliphatic carbocycles. The maximum atomic E-state index is 12.3. The summed E-state index contributed by atoms with van der Waals surface area (Å²) in [6.45, 7) is 6.16. The molecule has 0 radical (unpaired) electrons. The van der Waals surface area contributed by atoms with Crippen molar-refractivity contribution >= 4 is 26.9 Å². The van der Waals surface area contributed by atoms with Gasteiger partial charge in [0.2, 0.25) is 0 Å². The van der Waals surface area contributed by atoms with Gasteiger partial charge in [-0.05, 0) is 61.2 Å². The van der Waals surface area contributed by atoms with E-state index in [9.17, 15) is 13.2 Å². The second-order valence-electron chi connectivity index (χ2n) is 8.84. The number of hydrogen-bond acceptors (Lipinski definition) is 5. The quantitative estimate of drug-likeness (QED) is 0.272. The first-order valence-electron chi connectivity index (χ1n) is 11.5. The van der Waals surface area contributed by atoms with Gasteiger partial charge in [0.25, 0.3) is 10.1 Å². The Bertz CT molecular complexity index is 1420. The van der Waals surface area contributed by atoms with Gasteiger partial charge in [0.1, 0.15) is 12.6 Å². The first kappa shape index (κ1) is 27.1. The van der Waals surface area contributed by atoms with Crippen LogP contribution < -0.4 is 5.73 Å². The molecule has 0 amide bonds. The average molecular weight is 506 g/mol. The van der Waals surface area contributed by atoms with E-state index in [1.165, 1.54) is 12.1 Å². The SMILES string of the molecule is Cc1cc(C)cc(COC(=O)[C@@H](N)Cc2cccc3ccccc23)c1.Cc1ccc(S(=O)(=O)O)cc1. The van der Waals surface area contributed by atoms with Gasteiger partial charge >= 0.3 is 5.97 Å². The third kappa shape index (κ3) is 7.75. The van der Waals surface area contributed by atoms with E-state index in [0.29, 0.717) is 6.42 Å². The molecule has 0 saturated heterocycles. The number of ether oxygens (including phenoxy) is 1. The van der Waals surface area contributed by atoms with Crippen LogP contribution in [0.4, 0.5) is 0 Å². The summed E-state index contributed by atoms with van der Waals surface area (Å²) in [6, 6.07) is 25.6. The molecule has 4 aromatic rings. The zero-order valence-electron chi connectivity index (χ0n) is 20.6. The van der Waals surface area contributed by atoms with E-state index in [1.807, 2.05) is 57.2 Å². The summed E-state index contributed by atoms with van der Waals surface area (Å²) < 4.78 is 35.0. The molecule has 0 saturated carbocycles. The van der Waals surface area contributed by atoms with Crippen molar-refractivity contribution in [1.29, 1.82) is 0 Å². The number of fused-ring (bicyclic) bond motifs is 1. The van der Waals surface area contributed by atoms with Gasteiger partial charge in [-0.25, -0.2) is 0 Å². The van der Waals surface area contributed by atoms with Crippen LogP contribution in [0.25, 0.3) is 10.8 Å². The van der Waals surface area contributed by atoms with Crippen LogP contribution in [-0.2, 0) is 32.7 Å². The molecule has 188 valence electrons. The molecule has 36 heavy (non-hydrogen) atoms. The van der Waals surface area contributed by atoms with E-state index < -0.39 is 16.2 Å². The fraction of sp³-hybridized carbons (Fsp3) is 0.207. The fourth-order valence-corrected chi connectivity index (χ4v) is 4.39. The van der Waals surface area contributed by atoms with E-state index in [2.05, 4.69) is 24.3 Å². The molecule has 0 spiro atoms. The summed E-state index contributed by atoms with van der Waals surface area (Å²) in [5.41, 5.74) is 11.4. The summed E-state index contributed by atoms with van der Waals surface area (Å²) in [6.07, 6.45) is 0.465. The fourth-order valence-electron chi connectivity index (χ4n) is 3.91. The van der Waals surface area contributed by atoms with Crippen molar-refractivity contribution in [1.82, 2.24) is 0 Å². The molecule has 4 rings (SSSR count). The molecular formula is C29H31NO5S. The van der Waals surface area contributed by atoms with E-state index in [-0.39, 0.29) is 17.5 Å². The summed E-state index contributed by atoms with van der Waals surface area (Å²) >= 11 is 0. The van der Waals surface area contributed by atoms with Crippen LogP contribution in [0.5, 0.6) is 0 Å². The maximum absolute atomic E-state index is 12.3. The third-order valence-electron chi connectivity index (χ3n) is 5.60. The Morgan fingerprint density at radius 3 is 2.11 bits per heavy atom. The number of nitrogens with two attached hydrogens (primary N) is 1. The number of carbonyl (C=O) groups is 1. The molecule has 1 atom stereocenters. The zero-order valence-corrected chi connectivity index (χ0v) is 21.5. The molecule has 6 nitrogen and oxygen atoms in total. The van der Waals surface area contributed by atoms with Crippen LogP contribution in [0.2, 0.25) is 0 Å². The van der Waals surface area contributed by atoms with Crippen LogP contribution in [0.1, 0.15) is 27.8 Å². The Labute approximate surface area is 212 Å². The minimum absolute atomic E-state index is 0.0666. The predicted molar refractivity (Wildman–Crippen MR) is 142 cm³/mol. The summed E-state index contributed by atoms with van der Waals surface area (Å²) in [5, 5.41) is 2.28. The number of hydrogen-bond donors (Lipinski definition) is 2. The van der Waals surface area contributed by atoms with Crippen LogP contribution in [0.3, 0.4) is 0 Å². The van der Waals surface area contributed by atoms with Crippen molar-refractivity contribution in [2.45, 2.75) is 44.7 Å². The standard InChI is InChI=1S/C22H23NO2.C7H8O3S/c1-15-10-16(2)12-17(11-15)14-25-22(24)21(23)13-19-8-5-7-18-6-3-4-9-20(18)19;1-6-2-4-7(5-3-6)11(8,9)10/h3-12,21H,13-14,23H2,1-2H3;2-5H,1H3,(H,8,9,10)/t21-;/m0./s1. The molecule has 0 unspecified atom stereocenters. The van der Waals surface area contributed by atoms with E-state index in [1.54, 1.807) is 12.1 Å². The van der Waals surface area contributed by atoms with E-state index >= 15 is 0 Å². The molecule has 0 heterocycles. The lowest BCUT2D eigenvalue weighted by Gasteiger charge is -2.14. The number of carbonyl (C=O) groups excluding carboxylic acids is 1. The zero-order chi connectivity index (χ0) is 26.3. The van der Waals surface area contributed by atoms with Gasteiger partial charge < -0.3 is 10.5 Å². The van der Waals surface area contributed by atoms with Gasteiger partial charge in [-0.2, -0.15) is 8.42 Å². The largest absolute Gasteiger partial charge is 0.460 e. The van der Waals surface area contributed by atoms with Crippen LogP contribution in [0, 0.1) is 20.8 Å². The van der Waals surface area contributed by atoms with E-state index in [4.69, 9.17) is 15.0 Å². The minimum atomic E-state index is -4.02. The highest BCUT2D eigenvalue weighted by Gasteiger charge is 2.17. The van der Waals surface area contributed by atoms with Crippen molar-refractivity contribution in [2.75, 3.05) is 0 Å². The lowest BCUT2D eigenvalue weighted by atomic mass is 9.99. The van der Waals surface area contributed by atoms with E-state index in [0.717, 1.165) is 38.6 Å². The summed E-state index contributed by atoms with van der Waals surface area (Å²) in [7, 11) is -4.02. The molecule has 7 heteroatoms. The smallest absolute Gasteiger partial charge is 0.323 e. The molecule has 0 aliphatic heterocycles. The molecule has 3 N–H and O–H groups in total. The third-order valence-corrected chi connectivity index (χ3v) is 6.47. The highest BCUT2D eigenvalue weighted by molar-refractivity contribution is 7.85. The summed E-state index contributed by atoms with van der Waals surface area (Å²) in [5.74, 6) is -0.368. The normalized spacial score (nSPS) is 11.9. The molecule has 0 aromatic heterocycles. The second-order valence-corrected chi connectivity index (χ2v) is 10.3. The Kier molecular flexibility index (Phi) is 8.98. The van der Waals surface area contributed by atoms with Crippen molar-refractivity contribution in [3.63, 3.8) is 0 Å². The Balaban J connectivity index is 0.000000275. The van der Waals surface area contributed by atoms with Crippen molar-refractivity contribution in [3.8, 4) is 0 Å². The van der Waals surface area contributed by atoms with Crippen LogP contribution in [-0.4, -0.2) is 25.0 Å².